The van der Waals surface area contributed by atoms with Gasteiger partial charge in [0, 0.05) is 13.1 Å². The van der Waals surface area contributed by atoms with Gasteiger partial charge in [-0.05, 0) is 41.8 Å². The minimum Gasteiger partial charge on any atom is -0.335 e. The van der Waals surface area contributed by atoms with Crippen molar-refractivity contribution in [3.63, 3.8) is 0 Å². The summed E-state index contributed by atoms with van der Waals surface area (Å²) >= 11 is 1.60. The van der Waals surface area contributed by atoms with E-state index in [1.54, 1.807) is 16.0 Å². The molecule has 3 aromatic rings. The Labute approximate surface area is 157 Å². The van der Waals surface area contributed by atoms with E-state index >= 15 is 0 Å². The highest BCUT2D eigenvalue weighted by Crippen LogP contribution is 2.27. The van der Waals surface area contributed by atoms with Crippen LogP contribution in [0.2, 0.25) is 0 Å². The van der Waals surface area contributed by atoms with Crippen molar-refractivity contribution in [2.45, 2.75) is 20.3 Å². The highest BCUT2D eigenvalue weighted by molar-refractivity contribution is 7.13. The van der Waals surface area contributed by atoms with Gasteiger partial charge in [-0.2, -0.15) is 0 Å². The summed E-state index contributed by atoms with van der Waals surface area (Å²) in [5.41, 5.74) is 0.905. The monoisotopic (exact) mass is 366 g/mol. The second kappa shape index (κ2) is 7.03. The maximum absolute atomic E-state index is 13.0. The number of carbonyl (C=O) groups excluding carboxylic acids is 1. The van der Waals surface area contributed by atoms with Gasteiger partial charge < -0.3 is 4.90 Å². The molecule has 0 saturated carbocycles. The van der Waals surface area contributed by atoms with Crippen molar-refractivity contribution in [3.8, 4) is 16.4 Å². The van der Waals surface area contributed by atoms with Crippen LogP contribution in [0.5, 0.6) is 0 Å². The predicted molar refractivity (Wildman–Crippen MR) is 104 cm³/mol. The van der Waals surface area contributed by atoms with E-state index in [1.807, 2.05) is 52.7 Å². The molecule has 1 aliphatic rings. The van der Waals surface area contributed by atoms with Crippen molar-refractivity contribution in [2.24, 2.45) is 11.8 Å². The second-order valence-electron chi connectivity index (χ2n) is 7.14. The van der Waals surface area contributed by atoms with Crippen molar-refractivity contribution in [3.05, 3.63) is 53.7 Å². The topological polar surface area (TPSA) is 51.0 Å². The molecular weight excluding hydrogens is 344 g/mol. The maximum atomic E-state index is 13.0. The molecule has 0 bridgehead atoms. The first-order chi connectivity index (χ1) is 12.6. The molecule has 0 radical (unpaired) electrons. The lowest BCUT2D eigenvalue weighted by Crippen LogP contribution is -2.43. The Bertz CT molecular complexity index is 878. The molecule has 0 N–H and O–H groups in total. The van der Waals surface area contributed by atoms with Crippen molar-refractivity contribution in [1.29, 1.82) is 0 Å². The fourth-order valence-electron chi connectivity index (χ4n) is 3.69. The first-order valence-corrected chi connectivity index (χ1v) is 9.85. The summed E-state index contributed by atoms with van der Waals surface area (Å²) in [7, 11) is 0. The Morgan fingerprint density at radius 3 is 2.46 bits per heavy atom. The average Bonchev–Trinajstić information content (AvgIpc) is 3.30. The van der Waals surface area contributed by atoms with E-state index in [0.29, 0.717) is 17.7 Å². The number of likely N-dealkylation sites (tertiary alicyclic amines) is 1. The number of aromatic nitrogens is 3. The molecule has 1 saturated heterocycles. The largest absolute Gasteiger partial charge is 0.335 e. The van der Waals surface area contributed by atoms with Crippen molar-refractivity contribution in [2.75, 3.05) is 13.1 Å². The zero-order valence-electron chi connectivity index (χ0n) is 15.0. The summed E-state index contributed by atoms with van der Waals surface area (Å²) in [6.45, 7) is 5.95. The van der Waals surface area contributed by atoms with Crippen molar-refractivity contribution in [1.82, 2.24) is 19.7 Å². The maximum Gasteiger partial charge on any atom is 0.293 e. The van der Waals surface area contributed by atoms with Gasteiger partial charge >= 0.3 is 0 Å². The summed E-state index contributed by atoms with van der Waals surface area (Å²) in [4.78, 5) is 20.6. The zero-order valence-corrected chi connectivity index (χ0v) is 15.8. The average molecular weight is 366 g/mol. The molecule has 4 rings (SSSR count). The number of para-hydroxylation sites is 1. The quantitative estimate of drug-likeness (QED) is 0.701. The molecule has 2 aromatic heterocycles. The van der Waals surface area contributed by atoms with Gasteiger partial charge in [0.1, 0.15) is 0 Å². The summed E-state index contributed by atoms with van der Waals surface area (Å²) < 4.78 is 1.77. The third-order valence-electron chi connectivity index (χ3n) is 4.70. The molecule has 0 spiro atoms. The van der Waals surface area contributed by atoms with Gasteiger partial charge in [-0.15, -0.1) is 16.4 Å². The normalized spacial score (nSPS) is 20.3. The van der Waals surface area contributed by atoms with Crippen molar-refractivity contribution < 1.29 is 4.79 Å². The molecular formula is C20H22N4OS. The third kappa shape index (κ3) is 3.29. The van der Waals surface area contributed by atoms with Gasteiger partial charge in [-0.25, -0.2) is 9.67 Å². The van der Waals surface area contributed by atoms with Crippen LogP contribution in [-0.2, 0) is 0 Å². The van der Waals surface area contributed by atoms with E-state index in [1.165, 1.54) is 0 Å². The zero-order chi connectivity index (χ0) is 18.1. The van der Waals surface area contributed by atoms with Crippen LogP contribution in [0.25, 0.3) is 16.4 Å². The fraction of sp³-hybridized carbons (Fsp3) is 0.350. The van der Waals surface area contributed by atoms with Crippen LogP contribution in [0.15, 0.2) is 47.8 Å². The molecule has 2 unspecified atom stereocenters. The van der Waals surface area contributed by atoms with E-state index in [9.17, 15) is 4.79 Å². The molecule has 2 atom stereocenters. The van der Waals surface area contributed by atoms with Crippen LogP contribution >= 0.6 is 11.3 Å². The predicted octanol–water partition coefficient (Wildman–Crippen LogP) is 4.11. The van der Waals surface area contributed by atoms with Gasteiger partial charge in [0.2, 0.25) is 5.82 Å². The second-order valence-corrected chi connectivity index (χ2v) is 8.09. The molecule has 1 fully saturated rings. The van der Waals surface area contributed by atoms with Crippen LogP contribution in [0.1, 0.15) is 30.9 Å². The summed E-state index contributed by atoms with van der Waals surface area (Å²) in [5, 5.41) is 6.59. The number of carbonyl (C=O) groups is 1. The van der Waals surface area contributed by atoms with Crippen LogP contribution < -0.4 is 0 Å². The van der Waals surface area contributed by atoms with Crippen LogP contribution in [0.4, 0.5) is 0 Å². The van der Waals surface area contributed by atoms with E-state index in [4.69, 9.17) is 0 Å². The minimum atomic E-state index is -0.0733. The van der Waals surface area contributed by atoms with E-state index in [0.717, 1.165) is 30.1 Å². The molecule has 5 nitrogen and oxygen atoms in total. The van der Waals surface area contributed by atoms with Crippen LogP contribution in [0.3, 0.4) is 0 Å². The number of hydrogen-bond donors (Lipinski definition) is 0. The SMILES string of the molecule is CC1CC(C)CN(C(=O)c2nc(-c3cccs3)n(-c3ccccc3)n2)C1. The van der Waals surface area contributed by atoms with E-state index in [2.05, 4.69) is 23.9 Å². The first kappa shape index (κ1) is 17.0. The van der Waals surface area contributed by atoms with Gasteiger partial charge in [0.25, 0.3) is 5.91 Å². The van der Waals surface area contributed by atoms with E-state index in [-0.39, 0.29) is 11.7 Å². The number of piperidine rings is 1. The Morgan fingerprint density at radius 1 is 1.08 bits per heavy atom. The smallest absolute Gasteiger partial charge is 0.293 e. The Morgan fingerprint density at radius 2 is 1.81 bits per heavy atom. The molecule has 26 heavy (non-hydrogen) atoms. The number of amides is 1. The number of rotatable bonds is 3. The Balaban J connectivity index is 1.72. The molecule has 0 aliphatic carbocycles. The van der Waals surface area contributed by atoms with Gasteiger partial charge in [0.15, 0.2) is 5.82 Å². The van der Waals surface area contributed by atoms with Gasteiger partial charge in [-0.3, -0.25) is 4.79 Å². The molecule has 3 heterocycles. The summed E-state index contributed by atoms with van der Waals surface area (Å²) in [6, 6.07) is 13.8. The number of hydrogen-bond acceptors (Lipinski definition) is 4. The standard InChI is InChI=1S/C20H22N4OS/c1-14-11-15(2)13-23(12-14)20(25)18-21-19(17-9-6-10-26-17)24(22-18)16-7-4-3-5-8-16/h3-10,14-15H,11-13H2,1-2H3. The summed E-state index contributed by atoms with van der Waals surface area (Å²) in [6.07, 6.45) is 1.16. The summed E-state index contributed by atoms with van der Waals surface area (Å²) in [5.74, 6) is 1.94. The number of benzene rings is 1. The fourth-order valence-corrected chi connectivity index (χ4v) is 4.39. The minimum absolute atomic E-state index is 0.0733. The van der Waals surface area contributed by atoms with E-state index < -0.39 is 0 Å². The Hall–Kier alpha value is -2.47. The Kier molecular flexibility index (Phi) is 4.59. The molecule has 1 aliphatic heterocycles. The lowest BCUT2D eigenvalue weighted by Gasteiger charge is -2.34. The van der Waals surface area contributed by atoms with Crippen molar-refractivity contribution >= 4 is 17.2 Å². The molecule has 1 aromatic carbocycles. The highest BCUT2D eigenvalue weighted by atomic mass is 32.1. The van der Waals surface area contributed by atoms with Gasteiger partial charge in [-0.1, -0.05) is 38.1 Å². The van der Waals surface area contributed by atoms with Crippen LogP contribution in [0, 0.1) is 11.8 Å². The first-order valence-electron chi connectivity index (χ1n) is 8.97. The number of thiophene rings is 1. The molecule has 6 heteroatoms. The number of nitrogens with zero attached hydrogens (tertiary/aromatic N) is 4. The lowest BCUT2D eigenvalue weighted by atomic mass is 9.92. The van der Waals surface area contributed by atoms with Gasteiger partial charge in [0.05, 0.1) is 10.6 Å². The van der Waals surface area contributed by atoms with Crippen LogP contribution in [-0.4, -0.2) is 38.7 Å². The molecule has 134 valence electrons. The highest BCUT2D eigenvalue weighted by Gasteiger charge is 2.29. The third-order valence-corrected chi connectivity index (χ3v) is 5.56. The lowest BCUT2D eigenvalue weighted by molar-refractivity contribution is 0.0611. The molecule has 1 amide bonds.